The predicted molar refractivity (Wildman–Crippen MR) is 118 cm³/mol. The first-order valence-electron chi connectivity index (χ1n) is 10.6. The molecule has 4 nitrogen and oxygen atoms in total. The third-order valence-corrected chi connectivity index (χ3v) is 6.88. The Hall–Kier alpha value is -2.75. The van der Waals surface area contributed by atoms with E-state index in [0.717, 1.165) is 18.4 Å². The number of pyridine rings is 1. The molecule has 0 aliphatic heterocycles. The highest BCUT2D eigenvalue weighted by Crippen LogP contribution is 2.46. The number of nitrogens with zero attached hydrogens (tertiary/aromatic N) is 1. The number of aromatic nitrogens is 1. The second-order valence-corrected chi connectivity index (χ2v) is 9.99. The summed E-state index contributed by atoms with van der Waals surface area (Å²) in [5.74, 6) is -0.0861. The van der Waals surface area contributed by atoms with Crippen molar-refractivity contribution in [2.45, 2.75) is 71.1 Å². The third kappa shape index (κ3) is 3.28. The number of fused-ring (bicyclic) bond motifs is 1. The number of aryl methyl sites for hydroxylation is 1. The minimum Gasteiger partial charge on any atom is -0.512 e. The van der Waals surface area contributed by atoms with E-state index in [1.165, 1.54) is 17.3 Å². The zero-order chi connectivity index (χ0) is 21.8. The first kappa shape index (κ1) is 20.5. The highest BCUT2D eigenvalue weighted by molar-refractivity contribution is 6.23. The summed E-state index contributed by atoms with van der Waals surface area (Å²) >= 11 is 0. The monoisotopic (exact) mass is 403 g/mol. The molecule has 2 aliphatic rings. The third-order valence-electron chi connectivity index (χ3n) is 6.88. The van der Waals surface area contributed by atoms with Crippen LogP contribution in [0.4, 0.5) is 0 Å². The maximum absolute atomic E-state index is 13.3. The lowest BCUT2D eigenvalue weighted by molar-refractivity contribution is -0.113. The number of aliphatic hydroxyl groups excluding tert-OH is 1. The largest absolute Gasteiger partial charge is 0.512 e. The number of rotatable bonds is 3. The normalized spacial score (nSPS) is 19.7. The fourth-order valence-electron chi connectivity index (χ4n) is 4.75. The van der Waals surface area contributed by atoms with Crippen molar-refractivity contribution < 1.29 is 14.7 Å². The first-order valence-corrected chi connectivity index (χ1v) is 10.6. The maximum Gasteiger partial charge on any atom is 0.211 e. The molecular formula is C26H29NO3. The molecule has 1 aromatic heterocycles. The number of benzene rings is 1. The molecule has 0 radical (unpaired) electrons. The molecule has 1 heterocycles. The van der Waals surface area contributed by atoms with E-state index in [4.69, 9.17) is 0 Å². The molecule has 0 spiro atoms. The van der Waals surface area contributed by atoms with Crippen molar-refractivity contribution >= 4 is 17.1 Å². The molecule has 4 rings (SSSR count). The zero-order valence-electron chi connectivity index (χ0n) is 18.4. The van der Waals surface area contributed by atoms with E-state index in [1.54, 1.807) is 12.1 Å². The van der Waals surface area contributed by atoms with E-state index in [-0.39, 0.29) is 28.2 Å². The summed E-state index contributed by atoms with van der Waals surface area (Å²) in [7, 11) is 0. The lowest BCUT2D eigenvalue weighted by Crippen LogP contribution is -2.34. The van der Waals surface area contributed by atoms with Gasteiger partial charge in [0.1, 0.15) is 11.5 Å². The Morgan fingerprint density at radius 3 is 2.17 bits per heavy atom. The van der Waals surface area contributed by atoms with E-state index in [0.29, 0.717) is 35.2 Å². The minimum atomic E-state index is -0.114. The topological polar surface area (TPSA) is 67.3 Å². The molecule has 0 unspecified atom stereocenters. The van der Waals surface area contributed by atoms with E-state index in [2.05, 4.69) is 44.8 Å². The average molecular weight is 404 g/mol. The van der Waals surface area contributed by atoms with Crippen LogP contribution in [0, 0.1) is 6.92 Å². The lowest BCUT2D eigenvalue weighted by Gasteiger charge is -2.42. The van der Waals surface area contributed by atoms with Gasteiger partial charge in [0.25, 0.3) is 0 Å². The van der Waals surface area contributed by atoms with Crippen LogP contribution < -0.4 is 0 Å². The molecule has 0 bridgehead atoms. The van der Waals surface area contributed by atoms with E-state index in [1.807, 2.05) is 6.92 Å². The number of aliphatic hydroxyl groups is 1. The van der Waals surface area contributed by atoms with Crippen molar-refractivity contribution in [2.75, 3.05) is 0 Å². The van der Waals surface area contributed by atoms with Crippen LogP contribution in [-0.2, 0) is 15.6 Å². The van der Waals surface area contributed by atoms with E-state index < -0.39 is 0 Å². The van der Waals surface area contributed by atoms with Gasteiger partial charge in [-0.3, -0.25) is 14.6 Å². The number of allylic oxidation sites excluding steroid dienone is 2. The van der Waals surface area contributed by atoms with Crippen LogP contribution in [0.25, 0.3) is 5.57 Å². The number of hydrogen-bond acceptors (Lipinski definition) is 4. The van der Waals surface area contributed by atoms with Crippen LogP contribution in [0.15, 0.2) is 36.2 Å². The number of carbonyl (C=O) groups is 2. The Bertz CT molecular complexity index is 1090. The summed E-state index contributed by atoms with van der Waals surface area (Å²) in [4.78, 5) is 29.6. The molecule has 1 aromatic carbocycles. The molecule has 2 aliphatic carbocycles. The Morgan fingerprint density at radius 1 is 1.00 bits per heavy atom. The summed E-state index contributed by atoms with van der Waals surface area (Å²) in [6.45, 7) is 11.0. The molecule has 30 heavy (non-hydrogen) atoms. The fraction of sp³-hybridized carbons (Fsp3) is 0.423. The average Bonchev–Trinajstić information content (AvgIpc) is 3.03. The van der Waals surface area contributed by atoms with Crippen molar-refractivity contribution in [1.82, 2.24) is 4.98 Å². The highest BCUT2D eigenvalue weighted by Gasteiger charge is 2.38. The summed E-state index contributed by atoms with van der Waals surface area (Å²) in [5, 5.41) is 9.97. The Labute approximate surface area is 178 Å². The quantitative estimate of drug-likeness (QED) is 0.677. The fourth-order valence-corrected chi connectivity index (χ4v) is 4.75. The molecule has 0 saturated carbocycles. The Kier molecular flexibility index (Phi) is 4.72. The number of ketones is 2. The minimum absolute atomic E-state index is 0.0255. The second-order valence-electron chi connectivity index (χ2n) is 9.99. The predicted octanol–water partition coefficient (Wildman–Crippen LogP) is 5.60. The lowest BCUT2D eigenvalue weighted by atomic mass is 9.62. The molecule has 0 saturated heterocycles. The zero-order valence-corrected chi connectivity index (χ0v) is 18.4. The van der Waals surface area contributed by atoms with Gasteiger partial charge in [0.2, 0.25) is 5.78 Å². The molecule has 0 fully saturated rings. The first-order chi connectivity index (χ1) is 14.0. The van der Waals surface area contributed by atoms with Crippen molar-refractivity contribution in [1.29, 1.82) is 0 Å². The van der Waals surface area contributed by atoms with Gasteiger partial charge >= 0.3 is 0 Å². The van der Waals surface area contributed by atoms with Crippen LogP contribution in [0.3, 0.4) is 0 Å². The van der Waals surface area contributed by atoms with Crippen LogP contribution in [0.1, 0.15) is 91.7 Å². The van der Waals surface area contributed by atoms with Gasteiger partial charge in [-0.2, -0.15) is 0 Å². The molecule has 4 heteroatoms. The van der Waals surface area contributed by atoms with E-state index >= 15 is 0 Å². The smallest absolute Gasteiger partial charge is 0.211 e. The van der Waals surface area contributed by atoms with Crippen LogP contribution in [0.2, 0.25) is 0 Å². The van der Waals surface area contributed by atoms with Gasteiger partial charge in [-0.15, -0.1) is 0 Å². The van der Waals surface area contributed by atoms with Crippen molar-refractivity contribution in [2.24, 2.45) is 0 Å². The summed E-state index contributed by atoms with van der Waals surface area (Å²) in [5.41, 5.74) is 5.58. The van der Waals surface area contributed by atoms with Gasteiger partial charge in [0, 0.05) is 30.2 Å². The maximum atomic E-state index is 13.3. The van der Waals surface area contributed by atoms with Gasteiger partial charge in [0.05, 0.1) is 5.57 Å². The summed E-state index contributed by atoms with van der Waals surface area (Å²) in [6.07, 6.45) is 4.42. The molecule has 2 aromatic rings. The number of Topliss-reactive ketones (excluding diaryl/α,β-unsaturated/α-hetero) is 1. The molecule has 156 valence electrons. The Balaban J connectivity index is 1.72. The Morgan fingerprint density at radius 2 is 1.63 bits per heavy atom. The number of hydrogen-bond donors (Lipinski definition) is 1. The van der Waals surface area contributed by atoms with Gasteiger partial charge in [-0.1, -0.05) is 39.8 Å². The molecular weight excluding hydrogens is 374 g/mol. The number of carbonyl (C=O) groups excluding carboxylic acids is 2. The van der Waals surface area contributed by atoms with Gasteiger partial charge < -0.3 is 5.11 Å². The van der Waals surface area contributed by atoms with Crippen molar-refractivity contribution in [3.63, 3.8) is 0 Å². The van der Waals surface area contributed by atoms with Crippen molar-refractivity contribution in [3.05, 3.63) is 69.7 Å². The summed E-state index contributed by atoms with van der Waals surface area (Å²) in [6, 6.07) is 7.60. The van der Waals surface area contributed by atoms with Crippen molar-refractivity contribution in [3.8, 4) is 0 Å². The molecule has 1 N–H and O–H groups in total. The van der Waals surface area contributed by atoms with Crippen LogP contribution in [0.5, 0.6) is 0 Å². The molecule has 0 atom stereocenters. The van der Waals surface area contributed by atoms with Gasteiger partial charge in [-0.25, -0.2) is 0 Å². The SMILES string of the molecule is Cc1cc2c(cc1C(=O)c1ccc(C3=C(O)CCC3=O)cn1)C(C)(C)CCC2(C)C. The second kappa shape index (κ2) is 6.90. The summed E-state index contributed by atoms with van der Waals surface area (Å²) < 4.78 is 0. The molecule has 0 amide bonds. The van der Waals surface area contributed by atoms with Gasteiger partial charge in [0.15, 0.2) is 5.78 Å². The van der Waals surface area contributed by atoms with Crippen LogP contribution >= 0.6 is 0 Å². The standard InChI is InChI=1S/C26H29NO3/c1-15-12-18-19(26(4,5)11-10-25(18,2)3)13-17(15)24(30)20-7-6-16(14-27-20)23-21(28)8-9-22(23)29/h6-7,12-14,28H,8-11H2,1-5H3. The highest BCUT2D eigenvalue weighted by atomic mass is 16.3. The van der Waals surface area contributed by atoms with E-state index in [9.17, 15) is 14.7 Å². The van der Waals surface area contributed by atoms with Gasteiger partial charge in [-0.05, 0) is 59.4 Å². The van der Waals surface area contributed by atoms with Crippen LogP contribution in [-0.4, -0.2) is 21.7 Å².